The van der Waals surface area contributed by atoms with E-state index in [1.54, 1.807) is 20.8 Å². The number of alkyl halides is 3. The van der Waals surface area contributed by atoms with Gasteiger partial charge in [0.15, 0.2) is 0 Å². The van der Waals surface area contributed by atoms with E-state index in [-0.39, 0.29) is 11.3 Å². The van der Waals surface area contributed by atoms with Gasteiger partial charge in [0.2, 0.25) is 0 Å². The molecule has 152 valence electrons. The van der Waals surface area contributed by atoms with Crippen molar-refractivity contribution < 1.29 is 22.8 Å². The van der Waals surface area contributed by atoms with Gasteiger partial charge in [-0.05, 0) is 45.4 Å². The van der Waals surface area contributed by atoms with E-state index in [4.69, 9.17) is 0 Å². The summed E-state index contributed by atoms with van der Waals surface area (Å²) >= 11 is 0. The second-order valence-corrected chi connectivity index (χ2v) is 6.57. The maximum Gasteiger partial charge on any atom is 0.416 e. The Labute approximate surface area is 162 Å². The van der Waals surface area contributed by atoms with E-state index in [2.05, 4.69) is 5.10 Å². The van der Waals surface area contributed by atoms with Crippen LogP contribution in [0.5, 0.6) is 0 Å². The number of carbonyl (C=O) groups excluding carboxylic acids is 2. The lowest BCUT2D eigenvalue weighted by Crippen LogP contribution is -2.37. The van der Waals surface area contributed by atoms with Crippen molar-refractivity contribution in [1.29, 1.82) is 0 Å². The first kappa shape index (κ1) is 21.7. The number of rotatable bonds is 7. The number of hydrogen-bond donors (Lipinski definition) is 0. The molecule has 1 aromatic carbocycles. The SMILES string of the molecule is CCCCN(CC)C(=O)C(=O)c1c(C)nn(-c2cccc(C(F)(F)F)c2)c1C. The quantitative estimate of drug-likeness (QED) is 0.518. The van der Waals surface area contributed by atoms with Crippen LogP contribution in [-0.2, 0) is 11.0 Å². The Hall–Kier alpha value is -2.64. The second kappa shape index (κ2) is 8.58. The normalized spacial score (nSPS) is 11.5. The minimum Gasteiger partial charge on any atom is -0.336 e. The number of hydrogen-bond acceptors (Lipinski definition) is 3. The van der Waals surface area contributed by atoms with Gasteiger partial charge in [-0.15, -0.1) is 0 Å². The van der Waals surface area contributed by atoms with Crippen molar-refractivity contribution in [3.05, 3.63) is 46.8 Å². The summed E-state index contributed by atoms with van der Waals surface area (Å²) in [5, 5.41) is 4.21. The molecule has 2 rings (SSSR count). The summed E-state index contributed by atoms with van der Waals surface area (Å²) in [5.41, 5.74) is 0.150. The third-order valence-corrected chi connectivity index (χ3v) is 4.58. The molecule has 1 heterocycles. The van der Waals surface area contributed by atoms with Crippen molar-refractivity contribution in [3.63, 3.8) is 0 Å². The average molecular weight is 395 g/mol. The second-order valence-electron chi connectivity index (χ2n) is 6.57. The van der Waals surface area contributed by atoms with Crippen LogP contribution in [0, 0.1) is 13.8 Å². The van der Waals surface area contributed by atoms with Gasteiger partial charge in [0.1, 0.15) is 0 Å². The number of unbranched alkanes of at least 4 members (excludes halogenated alkanes) is 1. The molecule has 1 aromatic heterocycles. The Kier molecular flexibility index (Phi) is 6.64. The third kappa shape index (κ3) is 4.43. The molecule has 0 aliphatic rings. The topological polar surface area (TPSA) is 55.2 Å². The van der Waals surface area contributed by atoms with Crippen molar-refractivity contribution in [3.8, 4) is 5.69 Å². The van der Waals surface area contributed by atoms with Crippen LogP contribution in [0.3, 0.4) is 0 Å². The van der Waals surface area contributed by atoms with Gasteiger partial charge < -0.3 is 4.90 Å². The molecule has 0 aliphatic carbocycles. The highest BCUT2D eigenvalue weighted by Gasteiger charge is 2.32. The molecular formula is C20H24F3N3O2. The van der Waals surface area contributed by atoms with E-state index in [1.165, 1.54) is 21.7 Å². The number of likely N-dealkylation sites (N-methyl/N-ethyl adjacent to an activating group) is 1. The predicted molar refractivity (Wildman–Crippen MR) is 99.5 cm³/mol. The van der Waals surface area contributed by atoms with Crippen LogP contribution in [0.25, 0.3) is 5.69 Å². The maximum absolute atomic E-state index is 13.0. The molecule has 28 heavy (non-hydrogen) atoms. The molecule has 0 N–H and O–H groups in total. The summed E-state index contributed by atoms with van der Waals surface area (Å²) in [6, 6.07) is 4.70. The average Bonchev–Trinajstić information content (AvgIpc) is 2.95. The number of ketones is 1. The molecule has 0 spiro atoms. The molecular weight excluding hydrogens is 371 g/mol. The van der Waals surface area contributed by atoms with Gasteiger partial charge in [0, 0.05) is 13.1 Å². The highest BCUT2D eigenvalue weighted by atomic mass is 19.4. The standard InChI is InChI=1S/C20H24F3N3O2/c1-5-7-11-25(6-2)19(28)18(27)17-13(3)24-26(14(17)4)16-10-8-9-15(12-16)20(21,22)23/h8-10,12H,5-7,11H2,1-4H3. The molecule has 5 nitrogen and oxygen atoms in total. The first-order chi connectivity index (χ1) is 13.1. The van der Waals surface area contributed by atoms with E-state index < -0.39 is 23.4 Å². The van der Waals surface area contributed by atoms with Gasteiger partial charge in [-0.2, -0.15) is 18.3 Å². The van der Waals surface area contributed by atoms with Gasteiger partial charge in [-0.1, -0.05) is 19.4 Å². The molecule has 0 bridgehead atoms. The fraction of sp³-hybridized carbons (Fsp3) is 0.450. The first-order valence-corrected chi connectivity index (χ1v) is 9.19. The van der Waals surface area contributed by atoms with Crippen LogP contribution in [0.4, 0.5) is 13.2 Å². The van der Waals surface area contributed by atoms with Gasteiger partial charge in [0.05, 0.1) is 28.2 Å². The van der Waals surface area contributed by atoms with Gasteiger partial charge >= 0.3 is 6.18 Å². The number of halogens is 3. The lowest BCUT2D eigenvalue weighted by molar-refractivity contribution is -0.137. The minimum absolute atomic E-state index is 0.136. The number of Topliss-reactive ketones (excluding diaryl/α,β-unsaturated/α-hetero) is 1. The van der Waals surface area contributed by atoms with Crippen LogP contribution in [0.2, 0.25) is 0 Å². The molecule has 0 saturated carbocycles. The molecule has 0 aliphatic heterocycles. The summed E-state index contributed by atoms with van der Waals surface area (Å²) in [6.07, 6.45) is -2.81. The van der Waals surface area contributed by atoms with E-state index in [0.717, 1.165) is 25.0 Å². The molecule has 1 amide bonds. The van der Waals surface area contributed by atoms with Crippen LogP contribution in [0.1, 0.15) is 54.0 Å². The van der Waals surface area contributed by atoms with E-state index in [9.17, 15) is 22.8 Å². The summed E-state index contributed by atoms with van der Waals surface area (Å²) in [4.78, 5) is 26.9. The summed E-state index contributed by atoms with van der Waals surface area (Å²) < 4.78 is 40.3. The number of amides is 1. The molecule has 0 radical (unpaired) electrons. The van der Waals surface area contributed by atoms with E-state index >= 15 is 0 Å². The Morgan fingerprint density at radius 1 is 1.18 bits per heavy atom. The summed E-state index contributed by atoms with van der Waals surface area (Å²) in [7, 11) is 0. The molecule has 0 saturated heterocycles. The van der Waals surface area contributed by atoms with Crippen molar-refractivity contribution in [2.75, 3.05) is 13.1 Å². The zero-order valence-corrected chi connectivity index (χ0v) is 16.4. The zero-order valence-electron chi connectivity index (χ0n) is 16.4. The monoisotopic (exact) mass is 395 g/mol. The number of nitrogens with zero attached hydrogens (tertiary/aromatic N) is 3. The van der Waals surface area contributed by atoms with Gasteiger partial charge in [-0.25, -0.2) is 4.68 Å². The summed E-state index contributed by atoms with van der Waals surface area (Å²) in [5.74, 6) is -1.31. The Balaban J connectivity index is 2.41. The minimum atomic E-state index is -4.48. The van der Waals surface area contributed by atoms with Crippen LogP contribution in [0.15, 0.2) is 24.3 Å². The zero-order chi connectivity index (χ0) is 21.1. The fourth-order valence-corrected chi connectivity index (χ4v) is 3.04. The fourth-order valence-electron chi connectivity index (χ4n) is 3.04. The van der Waals surface area contributed by atoms with Crippen LogP contribution < -0.4 is 0 Å². The van der Waals surface area contributed by atoms with Crippen LogP contribution >= 0.6 is 0 Å². The first-order valence-electron chi connectivity index (χ1n) is 9.19. The maximum atomic E-state index is 13.0. The lowest BCUT2D eigenvalue weighted by atomic mass is 10.1. The smallest absolute Gasteiger partial charge is 0.336 e. The highest BCUT2D eigenvalue weighted by molar-refractivity contribution is 6.43. The largest absolute Gasteiger partial charge is 0.416 e. The molecule has 0 fully saturated rings. The summed E-state index contributed by atoms with van der Waals surface area (Å²) in [6.45, 7) is 7.82. The third-order valence-electron chi connectivity index (χ3n) is 4.58. The van der Waals surface area contributed by atoms with Crippen molar-refractivity contribution in [2.24, 2.45) is 0 Å². The Bertz CT molecular complexity index is 872. The highest BCUT2D eigenvalue weighted by Crippen LogP contribution is 2.31. The molecule has 2 aromatic rings. The van der Waals surface area contributed by atoms with Crippen molar-refractivity contribution in [1.82, 2.24) is 14.7 Å². The molecule has 0 atom stereocenters. The van der Waals surface area contributed by atoms with Crippen molar-refractivity contribution >= 4 is 11.7 Å². The Morgan fingerprint density at radius 3 is 2.43 bits per heavy atom. The van der Waals surface area contributed by atoms with E-state index in [1.807, 2.05) is 6.92 Å². The number of aromatic nitrogens is 2. The van der Waals surface area contributed by atoms with Crippen molar-refractivity contribution in [2.45, 2.75) is 46.7 Å². The van der Waals surface area contributed by atoms with Gasteiger partial charge in [0.25, 0.3) is 11.7 Å². The number of benzene rings is 1. The Morgan fingerprint density at radius 2 is 1.86 bits per heavy atom. The predicted octanol–water partition coefficient (Wildman–Crippen LogP) is 4.34. The molecule has 8 heteroatoms. The lowest BCUT2D eigenvalue weighted by Gasteiger charge is -2.19. The molecule has 0 unspecified atom stereocenters. The van der Waals surface area contributed by atoms with Crippen LogP contribution in [-0.4, -0.2) is 39.5 Å². The van der Waals surface area contributed by atoms with E-state index in [0.29, 0.717) is 24.5 Å². The van der Waals surface area contributed by atoms with Gasteiger partial charge in [-0.3, -0.25) is 9.59 Å². The number of carbonyl (C=O) groups is 2. The number of aryl methyl sites for hydroxylation is 1.